The zero-order chi connectivity index (χ0) is 16.1. The van der Waals surface area contributed by atoms with Gasteiger partial charge in [0.25, 0.3) is 11.4 Å². The van der Waals surface area contributed by atoms with Crippen molar-refractivity contribution in [2.24, 2.45) is 0 Å². The maximum absolute atomic E-state index is 11.0. The molecule has 2 aromatic carbocycles. The van der Waals surface area contributed by atoms with Crippen LogP contribution in [0.2, 0.25) is 13.1 Å². The molecule has 0 saturated carbocycles. The van der Waals surface area contributed by atoms with Gasteiger partial charge in [-0.2, -0.15) is 0 Å². The van der Waals surface area contributed by atoms with Crippen molar-refractivity contribution < 1.29 is 14.6 Å². The quantitative estimate of drug-likeness (QED) is 0.481. The van der Waals surface area contributed by atoms with E-state index in [1.54, 1.807) is 12.1 Å². The maximum atomic E-state index is 11.0. The molecule has 0 saturated heterocycles. The summed E-state index contributed by atoms with van der Waals surface area (Å²) in [5.74, 6) is 1.17. The normalized spacial score (nSPS) is 14.5. The molecular weight excluding hydrogens is 304 g/mol. The summed E-state index contributed by atoms with van der Waals surface area (Å²) in [6.45, 7) is 4.00. The van der Waals surface area contributed by atoms with Crippen LogP contribution in [0.5, 0.6) is 11.5 Å². The lowest BCUT2D eigenvalue weighted by Crippen LogP contribution is -2.56. The van der Waals surface area contributed by atoms with Crippen molar-refractivity contribution in [3.8, 4) is 11.5 Å². The Hall–Kier alpha value is -2.74. The second kappa shape index (κ2) is 4.63. The van der Waals surface area contributed by atoms with Gasteiger partial charge in [0.05, 0.1) is 9.85 Å². The molecule has 8 heteroatoms. The van der Waals surface area contributed by atoms with Crippen LogP contribution in [-0.4, -0.2) is 17.9 Å². The molecule has 22 heavy (non-hydrogen) atoms. The predicted molar refractivity (Wildman–Crippen MR) is 83.0 cm³/mol. The summed E-state index contributed by atoms with van der Waals surface area (Å²) in [6.07, 6.45) is 0. The van der Waals surface area contributed by atoms with Gasteiger partial charge in [-0.05, 0) is 22.5 Å². The van der Waals surface area contributed by atoms with E-state index in [4.69, 9.17) is 4.74 Å². The number of benzene rings is 2. The molecule has 0 spiro atoms. The minimum absolute atomic E-state index is 0.00296. The number of nitrogens with zero attached hydrogens (tertiary/aromatic N) is 2. The Balaban J connectivity index is 2.20. The largest absolute Gasteiger partial charge is 0.458 e. The predicted octanol–water partition coefficient (Wildman–Crippen LogP) is 2.43. The Kier molecular flexibility index (Phi) is 2.99. The van der Waals surface area contributed by atoms with Crippen LogP contribution in [0.4, 0.5) is 11.4 Å². The number of ether oxygens (including phenoxy) is 1. The summed E-state index contributed by atoms with van der Waals surface area (Å²) in [5.41, 5.74) is -0.00592. The van der Waals surface area contributed by atoms with Gasteiger partial charge in [0, 0.05) is 24.3 Å². The van der Waals surface area contributed by atoms with Gasteiger partial charge >= 0.3 is 0 Å². The first-order chi connectivity index (χ1) is 10.3. The Morgan fingerprint density at radius 3 is 1.64 bits per heavy atom. The monoisotopic (exact) mass is 316 g/mol. The molecule has 0 aromatic heterocycles. The Labute approximate surface area is 126 Å². The lowest BCUT2D eigenvalue weighted by Gasteiger charge is -2.32. The molecule has 0 radical (unpaired) electrons. The number of rotatable bonds is 2. The maximum Gasteiger partial charge on any atom is 0.269 e. The van der Waals surface area contributed by atoms with Gasteiger partial charge in [0.15, 0.2) is 0 Å². The molecule has 1 heterocycles. The number of fused-ring (bicyclic) bond motifs is 2. The minimum atomic E-state index is -2.32. The van der Waals surface area contributed by atoms with Gasteiger partial charge in [-0.3, -0.25) is 20.2 Å². The molecule has 0 N–H and O–H groups in total. The molecule has 7 nitrogen and oxygen atoms in total. The highest BCUT2D eigenvalue weighted by Gasteiger charge is 2.38. The highest BCUT2D eigenvalue weighted by Crippen LogP contribution is 2.32. The van der Waals surface area contributed by atoms with Crippen molar-refractivity contribution in [3.05, 3.63) is 56.6 Å². The standard InChI is InChI=1S/C14H12N2O5Si/c1-22(2)13-7-9(15(17)18)3-5-11(13)21-12-6-4-10(16(19)20)8-14(12)22/h3-8H,1-2H3. The van der Waals surface area contributed by atoms with E-state index in [1.807, 2.05) is 13.1 Å². The summed E-state index contributed by atoms with van der Waals surface area (Å²) >= 11 is 0. The van der Waals surface area contributed by atoms with Gasteiger partial charge in [0.2, 0.25) is 0 Å². The summed E-state index contributed by atoms with van der Waals surface area (Å²) in [4.78, 5) is 21.1. The highest BCUT2D eigenvalue weighted by molar-refractivity contribution is 7.01. The molecule has 1 aliphatic heterocycles. The third-order valence-corrected chi connectivity index (χ3v) is 7.39. The van der Waals surface area contributed by atoms with Crippen LogP contribution in [0.3, 0.4) is 0 Å². The molecule has 0 unspecified atom stereocenters. The summed E-state index contributed by atoms with van der Waals surface area (Å²) in [7, 11) is -2.32. The van der Waals surface area contributed by atoms with E-state index in [1.165, 1.54) is 24.3 Å². The zero-order valence-corrected chi connectivity index (χ0v) is 12.9. The average Bonchev–Trinajstić information content (AvgIpc) is 2.46. The minimum Gasteiger partial charge on any atom is -0.458 e. The topological polar surface area (TPSA) is 95.5 Å². The van der Waals surface area contributed by atoms with Gasteiger partial charge in [-0.1, -0.05) is 13.1 Å². The SMILES string of the molecule is C[Si]1(C)c2cc([N+](=O)[O-])ccc2Oc2ccc([N+](=O)[O-])cc21. The Bertz CT molecular complexity index is 753. The third-order valence-electron chi connectivity index (χ3n) is 3.91. The van der Waals surface area contributed by atoms with E-state index in [-0.39, 0.29) is 11.4 Å². The molecule has 3 rings (SSSR count). The number of non-ortho nitro benzene ring substituents is 2. The zero-order valence-electron chi connectivity index (χ0n) is 11.9. The highest BCUT2D eigenvalue weighted by atomic mass is 28.3. The average molecular weight is 316 g/mol. The van der Waals surface area contributed by atoms with Crippen LogP contribution in [0.25, 0.3) is 0 Å². The lowest BCUT2D eigenvalue weighted by molar-refractivity contribution is -0.384. The van der Waals surface area contributed by atoms with Crippen LogP contribution in [-0.2, 0) is 0 Å². The summed E-state index contributed by atoms with van der Waals surface area (Å²) in [5, 5.41) is 23.5. The second-order valence-corrected chi connectivity index (χ2v) is 9.93. The van der Waals surface area contributed by atoms with Gasteiger partial charge < -0.3 is 4.74 Å². The van der Waals surface area contributed by atoms with E-state index in [9.17, 15) is 20.2 Å². The van der Waals surface area contributed by atoms with Crippen LogP contribution in [0.1, 0.15) is 0 Å². The number of nitro groups is 2. The van der Waals surface area contributed by atoms with Crippen LogP contribution in [0, 0.1) is 20.2 Å². The molecule has 0 atom stereocenters. The molecule has 2 aromatic rings. The van der Waals surface area contributed by atoms with Crippen molar-refractivity contribution in [2.75, 3.05) is 0 Å². The first-order valence-electron chi connectivity index (χ1n) is 6.56. The number of hydrogen-bond acceptors (Lipinski definition) is 5. The van der Waals surface area contributed by atoms with Crippen LogP contribution in [0.15, 0.2) is 36.4 Å². The van der Waals surface area contributed by atoms with E-state index < -0.39 is 17.9 Å². The molecule has 0 bridgehead atoms. The van der Waals surface area contributed by atoms with Crippen molar-refractivity contribution in [3.63, 3.8) is 0 Å². The van der Waals surface area contributed by atoms with E-state index in [0.29, 0.717) is 11.5 Å². The first kappa shape index (κ1) is 14.2. The van der Waals surface area contributed by atoms with E-state index >= 15 is 0 Å². The smallest absolute Gasteiger partial charge is 0.269 e. The Morgan fingerprint density at radius 1 is 0.864 bits per heavy atom. The van der Waals surface area contributed by atoms with Gasteiger partial charge in [-0.25, -0.2) is 0 Å². The fraction of sp³-hybridized carbons (Fsp3) is 0.143. The van der Waals surface area contributed by atoms with Crippen LogP contribution >= 0.6 is 0 Å². The molecule has 0 amide bonds. The molecule has 112 valence electrons. The molecular formula is C14H12N2O5Si. The van der Waals surface area contributed by atoms with E-state index in [0.717, 1.165) is 10.4 Å². The fourth-order valence-corrected chi connectivity index (χ4v) is 5.49. The lowest BCUT2D eigenvalue weighted by atomic mass is 10.2. The van der Waals surface area contributed by atoms with E-state index in [2.05, 4.69) is 0 Å². The summed E-state index contributed by atoms with van der Waals surface area (Å²) < 4.78 is 5.77. The van der Waals surface area contributed by atoms with Crippen molar-refractivity contribution in [1.82, 2.24) is 0 Å². The van der Waals surface area contributed by atoms with Gasteiger partial charge in [-0.15, -0.1) is 0 Å². The van der Waals surface area contributed by atoms with Gasteiger partial charge in [0.1, 0.15) is 19.6 Å². The van der Waals surface area contributed by atoms with Crippen molar-refractivity contribution in [1.29, 1.82) is 0 Å². The number of hydrogen-bond donors (Lipinski definition) is 0. The van der Waals surface area contributed by atoms with Crippen LogP contribution < -0.4 is 15.1 Å². The van der Waals surface area contributed by atoms with Crippen molar-refractivity contribution in [2.45, 2.75) is 13.1 Å². The molecule has 0 aliphatic carbocycles. The number of nitro benzene ring substituents is 2. The second-order valence-electron chi connectivity index (χ2n) is 5.60. The fourth-order valence-electron chi connectivity index (χ4n) is 2.68. The Morgan fingerprint density at radius 2 is 1.27 bits per heavy atom. The third kappa shape index (κ3) is 2.04. The molecule has 0 fully saturated rings. The first-order valence-corrected chi connectivity index (χ1v) is 9.56. The summed E-state index contributed by atoms with van der Waals surface area (Å²) in [6, 6.07) is 9.02. The molecule has 1 aliphatic rings. The van der Waals surface area contributed by atoms with Crippen molar-refractivity contribution >= 4 is 29.8 Å².